The quantitative estimate of drug-likeness (QED) is 0.800. The van der Waals surface area contributed by atoms with Crippen LogP contribution in [0.4, 0.5) is 0 Å². The highest BCUT2D eigenvalue weighted by molar-refractivity contribution is 7.90. The molecule has 1 aromatic heterocycles. The van der Waals surface area contributed by atoms with Crippen molar-refractivity contribution in [3.8, 4) is 11.4 Å². The minimum atomic E-state index is -3.21. The maximum Gasteiger partial charge on any atom is 0.175 e. The van der Waals surface area contributed by atoms with Gasteiger partial charge in [0.05, 0.1) is 22.5 Å². The van der Waals surface area contributed by atoms with Crippen LogP contribution in [0.5, 0.6) is 0 Å². The first-order chi connectivity index (χ1) is 10.5. The molecule has 2 aromatic carbocycles. The normalized spacial score (nSPS) is 11.9. The Bertz CT molecular complexity index is 912. The van der Waals surface area contributed by atoms with Gasteiger partial charge >= 0.3 is 0 Å². The molecule has 0 spiro atoms. The maximum absolute atomic E-state index is 11.5. The van der Waals surface area contributed by atoms with Crippen LogP contribution in [-0.4, -0.2) is 35.9 Å². The molecule has 0 amide bonds. The lowest BCUT2D eigenvalue weighted by atomic mass is 10.2. The minimum Gasteiger partial charge on any atom is -0.395 e. The standard InChI is InChI=1S/C16H16N2O3S/c1-22(20,21)13-8-6-12(7-9-13)16-17-14-4-2-3-5-15(14)18(16)10-11-19/h2-9,19H,10-11H2,1H3. The molecule has 6 heteroatoms. The number of para-hydroxylation sites is 2. The summed E-state index contributed by atoms with van der Waals surface area (Å²) in [6.45, 7) is 0.443. The largest absolute Gasteiger partial charge is 0.395 e. The van der Waals surface area contributed by atoms with E-state index in [1.165, 1.54) is 6.26 Å². The molecule has 0 unspecified atom stereocenters. The first-order valence-corrected chi connectivity index (χ1v) is 8.76. The van der Waals surface area contributed by atoms with Crippen LogP contribution in [0, 0.1) is 0 Å². The topological polar surface area (TPSA) is 72.2 Å². The molecule has 3 aromatic rings. The van der Waals surface area contributed by atoms with Gasteiger partial charge in [-0.2, -0.15) is 0 Å². The number of sulfone groups is 1. The van der Waals surface area contributed by atoms with Crippen LogP contribution in [0.2, 0.25) is 0 Å². The highest BCUT2D eigenvalue weighted by Crippen LogP contribution is 2.25. The van der Waals surface area contributed by atoms with E-state index in [9.17, 15) is 13.5 Å². The molecule has 0 atom stereocenters. The lowest BCUT2D eigenvalue weighted by Gasteiger charge is -2.08. The molecule has 0 saturated carbocycles. The van der Waals surface area contributed by atoms with Gasteiger partial charge in [0, 0.05) is 18.4 Å². The Morgan fingerprint density at radius 1 is 1.09 bits per heavy atom. The second-order valence-corrected chi connectivity index (χ2v) is 7.11. The first-order valence-electron chi connectivity index (χ1n) is 6.87. The molecular formula is C16H16N2O3S. The fourth-order valence-corrected chi connectivity index (χ4v) is 3.10. The Kier molecular flexibility index (Phi) is 3.72. The van der Waals surface area contributed by atoms with Crippen molar-refractivity contribution < 1.29 is 13.5 Å². The molecule has 0 aliphatic heterocycles. The number of hydrogen-bond donors (Lipinski definition) is 1. The van der Waals surface area contributed by atoms with Gasteiger partial charge < -0.3 is 9.67 Å². The molecule has 0 radical (unpaired) electrons. The summed E-state index contributed by atoms with van der Waals surface area (Å²) in [5.74, 6) is 0.718. The fraction of sp³-hybridized carbons (Fsp3) is 0.188. The van der Waals surface area contributed by atoms with E-state index in [1.54, 1.807) is 24.3 Å². The zero-order chi connectivity index (χ0) is 15.7. The van der Waals surface area contributed by atoms with Crippen molar-refractivity contribution in [2.75, 3.05) is 12.9 Å². The molecule has 22 heavy (non-hydrogen) atoms. The van der Waals surface area contributed by atoms with E-state index in [0.717, 1.165) is 22.4 Å². The molecule has 0 fully saturated rings. The molecule has 1 N–H and O–H groups in total. The number of aromatic nitrogens is 2. The number of nitrogens with zero attached hydrogens (tertiary/aromatic N) is 2. The van der Waals surface area contributed by atoms with Crippen molar-refractivity contribution in [3.63, 3.8) is 0 Å². The summed E-state index contributed by atoms with van der Waals surface area (Å²) in [4.78, 5) is 4.87. The van der Waals surface area contributed by atoms with E-state index in [4.69, 9.17) is 0 Å². The summed E-state index contributed by atoms with van der Waals surface area (Å²) in [6.07, 6.45) is 1.18. The Morgan fingerprint density at radius 2 is 1.77 bits per heavy atom. The number of imidazole rings is 1. The van der Waals surface area contributed by atoms with Gasteiger partial charge in [-0.3, -0.25) is 0 Å². The van der Waals surface area contributed by atoms with Crippen LogP contribution in [-0.2, 0) is 16.4 Å². The minimum absolute atomic E-state index is 0.00871. The van der Waals surface area contributed by atoms with Crippen LogP contribution in [0.15, 0.2) is 53.4 Å². The molecule has 114 valence electrons. The highest BCUT2D eigenvalue weighted by atomic mass is 32.2. The van der Waals surface area contributed by atoms with E-state index < -0.39 is 9.84 Å². The summed E-state index contributed by atoms with van der Waals surface area (Å²) in [5, 5.41) is 9.29. The molecule has 1 heterocycles. The van der Waals surface area contributed by atoms with Gasteiger partial charge in [-0.1, -0.05) is 12.1 Å². The van der Waals surface area contributed by atoms with Crippen LogP contribution < -0.4 is 0 Å². The highest BCUT2D eigenvalue weighted by Gasteiger charge is 2.13. The zero-order valence-corrected chi connectivity index (χ0v) is 12.9. The SMILES string of the molecule is CS(=O)(=O)c1ccc(-c2nc3ccccc3n2CCO)cc1. The fourth-order valence-electron chi connectivity index (χ4n) is 2.47. The number of benzene rings is 2. The van der Waals surface area contributed by atoms with Gasteiger partial charge in [0.2, 0.25) is 0 Å². The number of hydrogen-bond acceptors (Lipinski definition) is 4. The van der Waals surface area contributed by atoms with E-state index >= 15 is 0 Å². The number of aliphatic hydroxyl groups excluding tert-OH is 1. The molecule has 5 nitrogen and oxygen atoms in total. The van der Waals surface area contributed by atoms with Crippen LogP contribution in [0.3, 0.4) is 0 Å². The average Bonchev–Trinajstić information content (AvgIpc) is 2.86. The van der Waals surface area contributed by atoms with Crippen molar-refractivity contribution >= 4 is 20.9 Å². The van der Waals surface area contributed by atoms with Gasteiger partial charge in [0.15, 0.2) is 9.84 Å². The summed E-state index contributed by atoms with van der Waals surface area (Å²) in [5.41, 5.74) is 2.61. The van der Waals surface area contributed by atoms with Crippen LogP contribution in [0.1, 0.15) is 0 Å². The van der Waals surface area contributed by atoms with Crippen LogP contribution in [0.25, 0.3) is 22.4 Å². The second-order valence-electron chi connectivity index (χ2n) is 5.10. The van der Waals surface area contributed by atoms with Gasteiger partial charge in [0.25, 0.3) is 0 Å². The monoisotopic (exact) mass is 316 g/mol. The van der Waals surface area contributed by atoms with Crippen molar-refractivity contribution in [3.05, 3.63) is 48.5 Å². The number of rotatable bonds is 4. The summed E-state index contributed by atoms with van der Waals surface area (Å²) in [6, 6.07) is 14.3. The third kappa shape index (κ3) is 2.63. The summed E-state index contributed by atoms with van der Waals surface area (Å²) >= 11 is 0. The van der Waals surface area contributed by atoms with Crippen molar-refractivity contribution in [1.29, 1.82) is 0 Å². The summed E-state index contributed by atoms with van der Waals surface area (Å²) in [7, 11) is -3.21. The molecule has 0 aliphatic carbocycles. The Morgan fingerprint density at radius 3 is 2.41 bits per heavy atom. The Hall–Kier alpha value is -2.18. The van der Waals surface area contributed by atoms with E-state index in [0.29, 0.717) is 6.54 Å². The lowest BCUT2D eigenvalue weighted by molar-refractivity contribution is 0.278. The molecule has 3 rings (SSSR count). The Balaban J connectivity index is 2.15. The van der Waals surface area contributed by atoms with Crippen molar-refractivity contribution in [1.82, 2.24) is 9.55 Å². The van der Waals surface area contributed by atoms with Gasteiger partial charge in [-0.25, -0.2) is 13.4 Å². The zero-order valence-electron chi connectivity index (χ0n) is 12.1. The lowest BCUT2D eigenvalue weighted by Crippen LogP contribution is -2.04. The predicted octanol–water partition coefficient (Wildman–Crippen LogP) is 2.10. The third-order valence-corrected chi connectivity index (χ3v) is 4.65. The second kappa shape index (κ2) is 5.55. The maximum atomic E-state index is 11.5. The molecular weight excluding hydrogens is 300 g/mol. The Labute approximate surface area is 128 Å². The number of aliphatic hydroxyl groups is 1. The van der Waals surface area contributed by atoms with Crippen LogP contribution >= 0.6 is 0 Å². The first kappa shape index (κ1) is 14.7. The van der Waals surface area contributed by atoms with Crippen molar-refractivity contribution in [2.45, 2.75) is 11.4 Å². The van der Waals surface area contributed by atoms with E-state index in [2.05, 4.69) is 4.98 Å². The summed E-state index contributed by atoms with van der Waals surface area (Å²) < 4.78 is 25.0. The molecule has 0 bridgehead atoms. The van der Waals surface area contributed by atoms with Crippen molar-refractivity contribution in [2.24, 2.45) is 0 Å². The van der Waals surface area contributed by atoms with E-state index in [-0.39, 0.29) is 11.5 Å². The van der Waals surface area contributed by atoms with Gasteiger partial charge in [0.1, 0.15) is 5.82 Å². The molecule has 0 saturated heterocycles. The van der Waals surface area contributed by atoms with E-state index in [1.807, 2.05) is 28.8 Å². The van der Waals surface area contributed by atoms with Gasteiger partial charge in [-0.05, 0) is 36.4 Å². The predicted molar refractivity (Wildman–Crippen MR) is 85.4 cm³/mol. The van der Waals surface area contributed by atoms with Gasteiger partial charge in [-0.15, -0.1) is 0 Å². The smallest absolute Gasteiger partial charge is 0.175 e. The molecule has 0 aliphatic rings. The number of fused-ring (bicyclic) bond motifs is 1. The third-order valence-electron chi connectivity index (χ3n) is 3.52. The average molecular weight is 316 g/mol.